The first-order valence-electron chi connectivity index (χ1n) is 19.4. The molecular formula is C41H71N5O8. The zero-order valence-corrected chi connectivity index (χ0v) is 35.4. The van der Waals surface area contributed by atoms with E-state index in [9.17, 15) is 24.3 Å². The van der Waals surface area contributed by atoms with Gasteiger partial charge in [0.05, 0.1) is 54.4 Å². The minimum absolute atomic E-state index is 0.0255. The number of likely N-dealkylation sites (N-methyl/N-ethyl adjacent to an activating group) is 2. The fraction of sp³-hybridized carbons (Fsp3) is 0.756. The van der Waals surface area contributed by atoms with E-state index in [-0.39, 0.29) is 67.0 Å². The van der Waals surface area contributed by atoms with Crippen LogP contribution in [0.5, 0.6) is 0 Å². The van der Waals surface area contributed by atoms with Gasteiger partial charge in [-0.3, -0.25) is 24.1 Å². The number of carbonyl (C=O) groups excluding carboxylic acids is 4. The molecule has 13 heteroatoms. The van der Waals surface area contributed by atoms with Gasteiger partial charge in [-0.25, -0.2) is 0 Å². The number of aliphatic hydroxyl groups is 1. The molecule has 0 spiro atoms. The summed E-state index contributed by atoms with van der Waals surface area (Å²) in [5.41, 5.74) is -0.236. The summed E-state index contributed by atoms with van der Waals surface area (Å²) in [4.78, 5) is 61.0. The number of aliphatic hydroxyl groups excluding tert-OH is 1. The molecule has 1 aromatic rings. The summed E-state index contributed by atoms with van der Waals surface area (Å²) in [6.45, 7) is 15.8. The first-order chi connectivity index (χ1) is 25.3. The lowest BCUT2D eigenvalue weighted by atomic mass is 9.82. The maximum atomic E-state index is 14.5. The summed E-state index contributed by atoms with van der Waals surface area (Å²) in [5.74, 6) is -1.88. The van der Waals surface area contributed by atoms with Crippen LogP contribution in [-0.2, 0) is 33.4 Å². The predicted octanol–water partition coefficient (Wildman–Crippen LogP) is 3.50. The van der Waals surface area contributed by atoms with Crippen LogP contribution in [0.25, 0.3) is 0 Å². The first-order valence-corrected chi connectivity index (χ1v) is 19.4. The lowest BCUT2D eigenvalue weighted by Crippen LogP contribution is -2.60. The fourth-order valence-electron chi connectivity index (χ4n) is 8.26. The molecule has 1 fully saturated rings. The molecule has 13 nitrogen and oxygen atoms in total. The third kappa shape index (κ3) is 11.5. The van der Waals surface area contributed by atoms with Crippen LogP contribution >= 0.6 is 0 Å². The number of ether oxygens (including phenoxy) is 3. The number of nitrogens with one attached hydrogen (secondary N) is 2. The lowest BCUT2D eigenvalue weighted by Gasteiger charge is -2.44. The number of hydrogen-bond donors (Lipinski definition) is 3. The van der Waals surface area contributed by atoms with Gasteiger partial charge < -0.3 is 39.8 Å². The molecule has 0 saturated carbocycles. The molecule has 1 saturated heterocycles. The molecule has 4 amide bonds. The van der Waals surface area contributed by atoms with Gasteiger partial charge in [0, 0.05) is 47.9 Å². The van der Waals surface area contributed by atoms with Crippen molar-refractivity contribution in [3.05, 3.63) is 35.9 Å². The van der Waals surface area contributed by atoms with Crippen LogP contribution in [0.4, 0.5) is 0 Å². The van der Waals surface area contributed by atoms with Crippen molar-refractivity contribution in [2.75, 3.05) is 55.6 Å². The normalized spacial score (nSPS) is 22.0. The summed E-state index contributed by atoms with van der Waals surface area (Å²) in [7, 11) is 10.1. The quantitative estimate of drug-likeness (QED) is 0.171. The van der Waals surface area contributed by atoms with Gasteiger partial charge >= 0.3 is 0 Å². The number of carbonyl (C=O) groups is 4. The first kappa shape index (κ1) is 47.1. The Labute approximate surface area is 324 Å². The fourth-order valence-corrected chi connectivity index (χ4v) is 8.26. The minimum atomic E-state index is -0.931. The topological polar surface area (TPSA) is 150 Å². The highest BCUT2D eigenvalue weighted by Crippen LogP contribution is 2.39. The van der Waals surface area contributed by atoms with Gasteiger partial charge in [0.2, 0.25) is 23.6 Å². The number of methoxy groups -OCH3 is 3. The maximum absolute atomic E-state index is 14.5. The van der Waals surface area contributed by atoms with E-state index in [0.29, 0.717) is 12.0 Å². The molecule has 2 rings (SSSR count). The van der Waals surface area contributed by atoms with Crippen LogP contribution < -0.4 is 10.6 Å². The summed E-state index contributed by atoms with van der Waals surface area (Å²) in [6.07, 6.45) is -1.45. The molecule has 10 atom stereocenters. The Morgan fingerprint density at radius 3 is 2.04 bits per heavy atom. The average molecular weight is 762 g/mol. The minimum Gasteiger partial charge on any atom is -0.387 e. The maximum Gasteiger partial charge on any atom is 0.245 e. The standard InChI is InChI=1S/C41H71N5O8/c1-15-27(6)36(45(11)40(51)34(25(2)3)43-39(50)35(26(4)5)44(9)10)32(53-13)21-33(48)46-24-30(52-12)22-41(46,8)37(54-14)28(7)38(49)42-23-31(47)29-19-17-16-18-20-29/h16-20,25-28,30-32,34-37,47H,15,21-24H2,1-14H3,(H,42,49)(H,43,50)/t27?,28-,30-,31?,32-,34+,35+,36+,37-,41+/m1/s1. The average Bonchev–Trinajstić information content (AvgIpc) is 3.48. The van der Waals surface area contributed by atoms with E-state index < -0.39 is 47.9 Å². The molecule has 3 N–H and O–H groups in total. The zero-order valence-electron chi connectivity index (χ0n) is 35.4. The van der Waals surface area contributed by atoms with Crippen LogP contribution in [0.1, 0.15) is 86.3 Å². The van der Waals surface area contributed by atoms with E-state index in [1.807, 2.05) is 85.7 Å². The van der Waals surface area contributed by atoms with Crippen LogP contribution in [0.2, 0.25) is 0 Å². The molecule has 2 unspecified atom stereocenters. The summed E-state index contributed by atoms with van der Waals surface area (Å²) in [6, 6.07) is 7.44. The van der Waals surface area contributed by atoms with Crippen LogP contribution in [0.3, 0.4) is 0 Å². The zero-order chi connectivity index (χ0) is 41.1. The van der Waals surface area contributed by atoms with Gasteiger partial charge in [0.1, 0.15) is 6.04 Å². The molecule has 0 aromatic heterocycles. The molecule has 54 heavy (non-hydrogen) atoms. The van der Waals surface area contributed by atoms with Gasteiger partial charge in [-0.05, 0) is 44.3 Å². The number of likely N-dealkylation sites (tertiary alicyclic amines) is 1. The second-order valence-electron chi connectivity index (χ2n) is 16.2. The third-order valence-corrected chi connectivity index (χ3v) is 11.4. The van der Waals surface area contributed by atoms with Gasteiger partial charge in [-0.1, -0.05) is 85.2 Å². The Bertz CT molecular complexity index is 1340. The van der Waals surface area contributed by atoms with E-state index in [4.69, 9.17) is 14.2 Å². The molecular weight excluding hydrogens is 690 g/mol. The Morgan fingerprint density at radius 1 is 0.944 bits per heavy atom. The smallest absolute Gasteiger partial charge is 0.245 e. The molecule has 1 heterocycles. The molecule has 0 bridgehead atoms. The number of hydrogen-bond acceptors (Lipinski definition) is 9. The molecule has 1 aliphatic heterocycles. The Balaban J connectivity index is 2.36. The van der Waals surface area contributed by atoms with Crippen molar-refractivity contribution in [1.82, 2.24) is 25.3 Å². The van der Waals surface area contributed by atoms with Crippen molar-refractivity contribution >= 4 is 23.6 Å². The predicted molar refractivity (Wildman–Crippen MR) is 210 cm³/mol. The molecule has 1 aromatic carbocycles. The Hall–Kier alpha value is -3.10. The summed E-state index contributed by atoms with van der Waals surface area (Å²) in [5, 5.41) is 16.6. The summed E-state index contributed by atoms with van der Waals surface area (Å²) >= 11 is 0. The van der Waals surface area contributed by atoms with Crippen molar-refractivity contribution in [3.8, 4) is 0 Å². The molecule has 0 aliphatic carbocycles. The molecule has 0 radical (unpaired) electrons. The highest BCUT2D eigenvalue weighted by molar-refractivity contribution is 5.90. The third-order valence-electron chi connectivity index (χ3n) is 11.4. The largest absolute Gasteiger partial charge is 0.387 e. The van der Waals surface area contributed by atoms with Crippen molar-refractivity contribution in [3.63, 3.8) is 0 Å². The summed E-state index contributed by atoms with van der Waals surface area (Å²) < 4.78 is 17.9. The van der Waals surface area contributed by atoms with Crippen LogP contribution in [0.15, 0.2) is 30.3 Å². The van der Waals surface area contributed by atoms with E-state index in [1.54, 1.807) is 50.1 Å². The highest BCUT2D eigenvalue weighted by atomic mass is 16.5. The van der Waals surface area contributed by atoms with Crippen LogP contribution in [0, 0.1) is 23.7 Å². The number of amides is 4. The van der Waals surface area contributed by atoms with Gasteiger partial charge in [-0.2, -0.15) is 0 Å². The number of nitrogens with zero attached hydrogens (tertiary/aromatic N) is 3. The monoisotopic (exact) mass is 762 g/mol. The second kappa shape index (κ2) is 21.3. The Morgan fingerprint density at radius 2 is 1.56 bits per heavy atom. The van der Waals surface area contributed by atoms with Crippen LogP contribution in [-0.4, -0.2) is 141 Å². The number of benzene rings is 1. The van der Waals surface area contributed by atoms with Gasteiger partial charge in [0.15, 0.2) is 0 Å². The van der Waals surface area contributed by atoms with E-state index in [1.165, 1.54) is 7.11 Å². The Kier molecular flexibility index (Phi) is 18.5. The van der Waals surface area contributed by atoms with E-state index in [0.717, 1.165) is 6.42 Å². The highest BCUT2D eigenvalue weighted by Gasteiger charge is 2.53. The van der Waals surface area contributed by atoms with Crippen molar-refractivity contribution in [1.29, 1.82) is 0 Å². The van der Waals surface area contributed by atoms with E-state index in [2.05, 4.69) is 10.6 Å². The lowest BCUT2D eigenvalue weighted by molar-refractivity contribution is -0.152. The molecule has 1 aliphatic rings. The number of rotatable bonds is 21. The second-order valence-corrected chi connectivity index (χ2v) is 16.2. The van der Waals surface area contributed by atoms with Crippen molar-refractivity contribution in [2.24, 2.45) is 23.7 Å². The SMILES string of the molecule is CCC(C)[C@@H]([C@@H](CC(=O)N1C[C@H](OC)C[C@@]1(C)[C@H](OC)[C@@H](C)C(=O)NCC(O)c1ccccc1)OC)N(C)C(=O)[C@@H](NC(=O)[C@H](C(C)C)N(C)C)C(C)C. The van der Waals surface area contributed by atoms with Gasteiger partial charge in [0.25, 0.3) is 0 Å². The van der Waals surface area contributed by atoms with Gasteiger partial charge in [-0.15, -0.1) is 0 Å². The van der Waals surface area contributed by atoms with Crippen molar-refractivity contribution < 1.29 is 38.5 Å². The van der Waals surface area contributed by atoms with Crippen molar-refractivity contribution in [2.45, 2.75) is 123 Å². The van der Waals surface area contributed by atoms with E-state index >= 15 is 0 Å². The molecule has 308 valence electrons.